The molecule has 0 aromatic heterocycles. The van der Waals surface area contributed by atoms with E-state index in [9.17, 15) is 8.42 Å². The summed E-state index contributed by atoms with van der Waals surface area (Å²) >= 11 is 5.09. The Morgan fingerprint density at radius 2 is 1.86 bits per heavy atom. The van der Waals surface area contributed by atoms with E-state index >= 15 is 0 Å². The lowest BCUT2D eigenvalue weighted by atomic mass is 9.81. The van der Waals surface area contributed by atoms with Crippen LogP contribution in [0.4, 0.5) is 0 Å². The molecule has 0 spiro atoms. The third-order valence-corrected chi connectivity index (χ3v) is 6.67. The third-order valence-electron chi connectivity index (χ3n) is 4.31. The van der Waals surface area contributed by atoms with Crippen molar-refractivity contribution < 1.29 is 8.42 Å². The zero-order chi connectivity index (χ0) is 15.5. The third kappa shape index (κ3) is 4.02. The monoisotopic (exact) mass is 326 g/mol. The van der Waals surface area contributed by atoms with Crippen molar-refractivity contribution in [3.63, 3.8) is 0 Å². The SMILES string of the molecule is CC1(C(N)=S)CCN(S(=O)(=O)CCc2ccccc2)CC1. The van der Waals surface area contributed by atoms with Gasteiger partial charge in [-0.05, 0) is 24.8 Å². The molecule has 1 aromatic carbocycles. The maximum atomic E-state index is 12.4. The van der Waals surface area contributed by atoms with Gasteiger partial charge in [-0.25, -0.2) is 12.7 Å². The van der Waals surface area contributed by atoms with Crippen LogP contribution in [0.5, 0.6) is 0 Å². The summed E-state index contributed by atoms with van der Waals surface area (Å²) in [7, 11) is -3.21. The predicted octanol–water partition coefficient (Wildman–Crippen LogP) is 1.95. The van der Waals surface area contributed by atoms with Crippen LogP contribution in [0.15, 0.2) is 30.3 Å². The number of hydrogen-bond donors (Lipinski definition) is 1. The lowest BCUT2D eigenvalue weighted by molar-refractivity contribution is 0.244. The van der Waals surface area contributed by atoms with Crippen molar-refractivity contribution in [2.24, 2.45) is 11.1 Å². The molecule has 6 heteroatoms. The van der Waals surface area contributed by atoms with E-state index in [1.165, 1.54) is 0 Å². The topological polar surface area (TPSA) is 63.4 Å². The molecule has 116 valence electrons. The first-order chi connectivity index (χ1) is 9.83. The summed E-state index contributed by atoms with van der Waals surface area (Å²) < 4.78 is 26.4. The first-order valence-electron chi connectivity index (χ1n) is 7.15. The summed E-state index contributed by atoms with van der Waals surface area (Å²) in [6, 6.07) is 9.69. The Morgan fingerprint density at radius 1 is 1.29 bits per heavy atom. The standard InChI is InChI=1S/C15H22N2O2S2/c1-15(14(16)20)8-10-17(11-9-15)21(18,19)12-7-13-5-3-2-4-6-13/h2-6H,7-12H2,1H3,(H2,16,20). The zero-order valence-corrected chi connectivity index (χ0v) is 13.9. The summed E-state index contributed by atoms with van der Waals surface area (Å²) in [5.41, 5.74) is 6.59. The van der Waals surface area contributed by atoms with Gasteiger partial charge in [-0.15, -0.1) is 0 Å². The number of nitrogens with two attached hydrogens (primary N) is 1. The van der Waals surface area contributed by atoms with Crippen molar-refractivity contribution in [3.8, 4) is 0 Å². The predicted molar refractivity (Wildman–Crippen MR) is 89.6 cm³/mol. The van der Waals surface area contributed by atoms with Crippen molar-refractivity contribution in [1.29, 1.82) is 0 Å². The van der Waals surface area contributed by atoms with Crippen LogP contribution in [-0.2, 0) is 16.4 Å². The molecular formula is C15H22N2O2S2. The largest absolute Gasteiger partial charge is 0.393 e. The van der Waals surface area contributed by atoms with Crippen molar-refractivity contribution in [1.82, 2.24) is 4.31 Å². The minimum atomic E-state index is -3.21. The van der Waals surface area contributed by atoms with E-state index in [-0.39, 0.29) is 11.2 Å². The Balaban J connectivity index is 1.94. The number of rotatable bonds is 5. The highest BCUT2D eigenvalue weighted by Crippen LogP contribution is 2.32. The molecule has 0 saturated carbocycles. The van der Waals surface area contributed by atoms with Gasteiger partial charge in [0.05, 0.1) is 10.7 Å². The summed E-state index contributed by atoms with van der Waals surface area (Å²) in [6.45, 7) is 3.03. The van der Waals surface area contributed by atoms with Gasteiger partial charge in [0.1, 0.15) is 0 Å². The van der Waals surface area contributed by atoms with E-state index in [1.807, 2.05) is 37.3 Å². The molecule has 1 fully saturated rings. The molecule has 1 aliphatic heterocycles. The Kier molecular flexibility index (Phi) is 5.01. The van der Waals surface area contributed by atoms with Crippen molar-refractivity contribution >= 4 is 27.2 Å². The van der Waals surface area contributed by atoms with Crippen molar-refractivity contribution in [2.75, 3.05) is 18.8 Å². The van der Waals surface area contributed by atoms with Crippen LogP contribution in [0.1, 0.15) is 25.3 Å². The van der Waals surface area contributed by atoms with Gasteiger partial charge in [-0.3, -0.25) is 0 Å². The van der Waals surface area contributed by atoms with Gasteiger partial charge in [-0.2, -0.15) is 0 Å². The van der Waals surface area contributed by atoms with Gasteiger partial charge in [0.25, 0.3) is 0 Å². The molecule has 1 aliphatic rings. The second kappa shape index (κ2) is 6.42. The van der Waals surface area contributed by atoms with E-state index in [0.717, 1.165) is 5.56 Å². The van der Waals surface area contributed by atoms with E-state index in [4.69, 9.17) is 18.0 Å². The summed E-state index contributed by atoms with van der Waals surface area (Å²) in [4.78, 5) is 0.490. The number of nitrogens with zero attached hydrogens (tertiary/aromatic N) is 1. The number of piperidine rings is 1. The fourth-order valence-electron chi connectivity index (χ4n) is 2.52. The molecule has 0 radical (unpaired) electrons. The second-order valence-electron chi connectivity index (χ2n) is 5.88. The number of aryl methyl sites for hydroxylation is 1. The number of hydrogen-bond acceptors (Lipinski definition) is 3. The van der Waals surface area contributed by atoms with Gasteiger partial charge < -0.3 is 5.73 Å². The number of thiocarbonyl (C=S) groups is 1. The molecule has 0 aliphatic carbocycles. The highest BCUT2D eigenvalue weighted by Gasteiger charge is 2.36. The van der Waals surface area contributed by atoms with Gasteiger partial charge in [0, 0.05) is 18.5 Å². The Hall–Kier alpha value is -0.980. The van der Waals surface area contributed by atoms with Crippen LogP contribution < -0.4 is 5.73 Å². The molecule has 0 unspecified atom stereocenters. The normalized spacial score (nSPS) is 19.3. The number of benzene rings is 1. The van der Waals surface area contributed by atoms with Crippen molar-refractivity contribution in [3.05, 3.63) is 35.9 Å². The minimum absolute atomic E-state index is 0.154. The van der Waals surface area contributed by atoms with Crippen molar-refractivity contribution in [2.45, 2.75) is 26.2 Å². The van der Waals surface area contributed by atoms with Gasteiger partial charge in [0.2, 0.25) is 10.0 Å². The molecule has 1 aromatic rings. The minimum Gasteiger partial charge on any atom is -0.393 e. The van der Waals surface area contributed by atoms with E-state index in [2.05, 4.69) is 0 Å². The first-order valence-corrected chi connectivity index (χ1v) is 9.17. The molecular weight excluding hydrogens is 304 g/mol. The fourth-order valence-corrected chi connectivity index (χ4v) is 4.22. The molecule has 4 nitrogen and oxygen atoms in total. The molecule has 2 N–H and O–H groups in total. The average molecular weight is 326 g/mol. The van der Waals surface area contributed by atoms with Crippen LogP contribution >= 0.6 is 12.2 Å². The quantitative estimate of drug-likeness (QED) is 0.840. The molecule has 0 amide bonds. The molecule has 21 heavy (non-hydrogen) atoms. The maximum absolute atomic E-state index is 12.4. The molecule has 1 saturated heterocycles. The summed E-state index contributed by atoms with van der Waals surface area (Å²) in [5.74, 6) is 0.154. The highest BCUT2D eigenvalue weighted by atomic mass is 32.2. The summed E-state index contributed by atoms with van der Waals surface area (Å²) in [5, 5.41) is 0. The van der Waals surface area contributed by atoms with Crippen LogP contribution in [0.3, 0.4) is 0 Å². The van der Waals surface area contributed by atoms with Crippen LogP contribution in [-0.4, -0.2) is 36.6 Å². The Bertz CT molecular complexity index is 591. The molecule has 2 rings (SSSR count). The fraction of sp³-hybridized carbons (Fsp3) is 0.533. The van der Waals surface area contributed by atoms with E-state index in [1.54, 1.807) is 4.31 Å². The zero-order valence-electron chi connectivity index (χ0n) is 12.3. The van der Waals surface area contributed by atoms with Crippen LogP contribution in [0.2, 0.25) is 0 Å². The Labute approximate surface area is 132 Å². The lowest BCUT2D eigenvalue weighted by Crippen LogP contribution is -2.47. The smallest absolute Gasteiger partial charge is 0.214 e. The van der Waals surface area contributed by atoms with Gasteiger partial charge in [-0.1, -0.05) is 49.5 Å². The van der Waals surface area contributed by atoms with Crippen LogP contribution in [0, 0.1) is 5.41 Å². The molecule has 1 heterocycles. The second-order valence-corrected chi connectivity index (χ2v) is 8.40. The maximum Gasteiger partial charge on any atom is 0.214 e. The number of sulfonamides is 1. The Morgan fingerprint density at radius 3 is 2.38 bits per heavy atom. The highest BCUT2D eigenvalue weighted by molar-refractivity contribution is 7.89. The van der Waals surface area contributed by atoms with Gasteiger partial charge in [0.15, 0.2) is 0 Å². The average Bonchev–Trinajstić information content (AvgIpc) is 2.47. The summed E-state index contributed by atoms with van der Waals surface area (Å²) in [6.07, 6.45) is 1.95. The molecule has 0 bridgehead atoms. The van der Waals surface area contributed by atoms with E-state index in [0.29, 0.717) is 37.3 Å². The van der Waals surface area contributed by atoms with Crippen LogP contribution in [0.25, 0.3) is 0 Å². The molecule has 0 atom stereocenters. The first kappa shape index (κ1) is 16.4. The lowest BCUT2D eigenvalue weighted by Gasteiger charge is -2.38. The van der Waals surface area contributed by atoms with Gasteiger partial charge >= 0.3 is 0 Å². The van der Waals surface area contributed by atoms with E-state index < -0.39 is 10.0 Å².